The zero-order valence-corrected chi connectivity index (χ0v) is 7.80. The molecular weight excluding hydrogens is 130 g/mol. The maximum Gasteiger partial charge on any atom is 0.0198 e. The minimum absolute atomic E-state index is 0.245. The van der Waals surface area contributed by atoms with Crippen molar-refractivity contribution in [2.45, 2.75) is 45.4 Å². The monoisotopic (exact) mass is 147 g/mol. The van der Waals surface area contributed by atoms with Gasteiger partial charge < -0.3 is 0 Å². The van der Waals surface area contributed by atoms with Crippen LogP contribution in [0.15, 0.2) is 0 Å². The van der Waals surface area contributed by atoms with E-state index in [1.807, 2.05) is 0 Å². The molecule has 0 aliphatic carbocycles. The second kappa shape index (κ2) is 3.47. The summed E-state index contributed by atoms with van der Waals surface area (Å²) in [7, 11) is 0. The number of nitrogens with one attached hydrogen (secondary N) is 1. The molecule has 0 rings (SSSR count). The molecule has 0 aliphatic heterocycles. The molecule has 0 bridgehead atoms. The lowest BCUT2D eigenvalue weighted by atomic mass is 10.1. The van der Waals surface area contributed by atoms with E-state index >= 15 is 0 Å². The Hall–Kier alpha value is 0.310. The van der Waals surface area contributed by atoms with E-state index in [-0.39, 0.29) is 5.54 Å². The van der Waals surface area contributed by atoms with Crippen molar-refractivity contribution >= 4 is 11.9 Å². The zero-order valence-electron chi connectivity index (χ0n) is 6.99. The van der Waals surface area contributed by atoms with Crippen molar-refractivity contribution in [1.29, 1.82) is 0 Å². The van der Waals surface area contributed by atoms with Gasteiger partial charge in [0, 0.05) is 10.8 Å². The maximum absolute atomic E-state index is 3.34. The maximum atomic E-state index is 3.34. The highest BCUT2D eigenvalue weighted by atomic mass is 32.2. The van der Waals surface area contributed by atoms with Crippen molar-refractivity contribution in [2.24, 2.45) is 0 Å². The number of rotatable bonds is 2. The molecule has 0 spiro atoms. The molecule has 1 N–H and O–H groups in total. The van der Waals surface area contributed by atoms with E-state index in [2.05, 4.69) is 39.3 Å². The van der Waals surface area contributed by atoms with Crippen molar-refractivity contribution in [3.8, 4) is 0 Å². The lowest BCUT2D eigenvalue weighted by Gasteiger charge is -2.20. The van der Waals surface area contributed by atoms with E-state index in [4.69, 9.17) is 0 Å². The molecule has 1 nitrogen and oxygen atoms in total. The Balaban J connectivity index is 3.28. The molecule has 0 saturated carbocycles. The van der Waals surface area contributed by atoms with Gasteiger partial charge in [-0.2, -0.15) is 0 Å². The van der Waals surface area contributed by atoms with Crippen molar-refractivity contribution < 1.29 is 0 Å². The first-order chi connectivity index (χ1) is 3.92. The van der Waals surface area contributed by atoms with Crippen molar-refractivity contribution in [3.05, 3.63) is 0 Å². The van der Waals surface area contributed by atoms with Crippen LogP contribution in [0.1, 0.15) is 34.6 Å². The average Bonchev–Trinajstić information content (AvgIpc) is 1.59. The molecule has 0 fully saturated rings. The van der Waals surface area contributed by atoms with Crippen LogP contribution in [0.2, 0.25) is 0 Å². The van der Waals surface area contributed by atoms with Gasteiger partial charge in [0.15, 0.2) is 0 Å². The molecule has 0 aromatic carbocycles. The molecule has 56 valence electrons. The first-order valence-electron chi connectivity index (χ1n) is 3.34. The lowest BCUT2D eigenvalue weighted by molar-refractivity contribution is 0.534. The summed E-state index contributed by atoms with van der Waals surface area (Å²) in [5, 5.41) is 0.671. The first-order valence-corrected chi connectivity index (χ1v) is 4.22. The Kier molecular flexibility index (Phi) is 3.59. The first kappa shape index (κ1) is 9.31. The van der Waals surface area contributed by atoms with Crippen LogP contribution in [0.5, 0.6) is 0 Å². The van der Waals surface area contributed by atoms with Crippen LogP contribution in [0.4, 0.5) is 0 Å². The van der Waals surface area contributed by atoms with E-state index in [1.165, 1.54) is 0 Å². The third kappa shape index (κ3) is 8.31. The summed E-state index contributed by atoms with van der Waals surface area (Å²) in [4.78, 5) is 0. The summed E-state index contributed by atoms with van der Waals surface area (Å²) >= 11 is 1.79. The third-order valence-electron chi connectivity index (χ3n) is 0.601. The van der Waals surface area contributed by atoms with E-state index in [9.17, 15) is 0 Å². The van der Waals surface area contributed by atoms with Gasteiger partial charge in [0.1, 0.15) is 0 Å². The summed E-state index contributed by atoms with van der Waals surface area (Å²) in [5.41, 5.74) is 0.245. The predicted octanol–water partition coefficient (Wildman–Crippen LogP) is 2.43. The fourth-order valence-corrected chi connectivity index (χ4v) is 0.884. The van der Waals surface area contributed by atoms with E-state index in [1.54, 1.807) is 11.9 Å². The van der Waals surface area contributed by atoms with Crippen LogP contribution in [-0.4, -0.2) is 10.8 Å². The minimum atomic E-state index is 0.245. The third-order valence-corrected chi connectivity index (χ3v) is 1.80. The highest BCUT2D eigenvalue weighted by molar-refractivity contribution is 7.98. The van der Waals surface area contributed by atoms with Gasteiger partial charge in [-0.25, -0.2) is 0 Å². The van der Waals surface area contributed by atoms with Gasteiger partial charge in [0.2, 0.25) is 0 Å². The summed E-state index contributed by atoms with van der Waals surface area (Å²) in [6.45, 7) is 10.9. The van der Waals surface area contributed by atoms with Crippen molar-refractivity contribution in [1.82, 2.24) is 4.72 Å². The molecule has 0 aliphatic rings. The normalized spacial score (nSPS) is 12.7. The van der Waals surface area contributed by atoms with E-state index < -0.39 is 0 Å². The van der Waals surface area contributed by atoms with Gasteiger partial charge in [-0.3, -0.25) is 4.72 Å². The SMILES string of the molecule is CC(C)SNC(C)(C)C. The smallest absolute Gasteiger partial charge is 0.0198 e. The van der Waals surface area contributed by atoms with Crippen LogP contribution in [0.25, 0.3) is 0 Å². The number of hydrogen-bond donors (Lipinski definition) is 1. The van der Waals surface area contributed by atoms with E-state index in [0.29, 0.717) is 5.25 Å². The summed E-state index contributed by atoms with van der Waals surface area (Å²) in [6, 6.07) is 0. The molecule has 2 heteroatoms. The Labute approximate surface area is 62.7 Å². The fraction of sp³-hybridized carbons (Fsp3) is 1.00. The van der Waals surface area contributed by atoms with Gasteiger partial charge in [-0.15, -0.1) is 0 Å². The molecule has 0 atom stereocenters. The topological polar surface area (TPSA) is 12.0 Å². The predicted molar refractivity (Wildman–Crippen MR) is 45.6 cm³/mol. The zero-order chi connectivity index (χ0) is 7.49. The van der Waals surface area contributed by atoms with Gasteiger partial charge in [0.25, 0.3) is 0 Å². The fourth-order valence-electron chi connectivity index (χ4n) is 0.295. The second-order valence-electron chi connectivity index (χ2n) is 3.52. The quantitative estimate of drug-likeness (QED) is 0.602. The Bertz CT molecular complexity index is 73.5. The van der Waals surface area contributed by atoms with Crippen molar-refractivity contribution in [3.63, 3.8) is 0 Å². The van der Waals surface area contributed by atoms with Crippen LogP contribution < -0.4 is 4.72 Å². The Morgan fingerprint density at radius 1 is 1.22 bits per heavy atom. The van der Waals surface area contributed by atoms with Gasteiger partial charge in [0.05, 0.1) is 0 Å². The largest absolute Gasteiger partial charge is 0.259 e. The van der Waals surface area contributed by atoms with Gasteiger partial charge >= 0.3 is 0 Å². The standard InChI is InChI=1S/C7H17NS/c1-6(2)9-8-7(3,4)5/h6,8H,1-5H3. The molecule has 0 unspecified atom stereocenters. The molecule has 9 heavy (non-hydrogen) atoms. The minimum Gasteiger partial charge on any atom is -0.259 e. The summed E-state index contributed by atoms with van der Waals surface area (Å²) in [5.74, 6) is 0. The highest BCUT2D eigenvalue weighted by Gasteiger charge is 2.08. The van der Waals surface area contributed by atoms with Gasteiger partial charge in [-0.1, -0.05) is 25.8 Å². The van der Waals surface area contributed by atoms with Crippen LogP contribution in [-0.2, 0) is 0 Å². The summed E-state index contributed by atoms with van der Waals surface area (Å²) in [6.07, 6.45) is 0. The Morgan fingerprint density at radius 2 is 1.67 bits per heavy atom. The van der Waals surface area contributed by atoms with Crippen LogP contribution in [0, 0.1) is 0 Å². The van der Waals surface area contributed by atoms with E-state index in [0.717, 1.165) is 0 Å². The average molecular weight is 147 g/mol. The molecule has 0 aromatic heterocycles. The van der Waals surface area contributed by atoms with Crippen molar-refractivity contribution in [2.75, 3.05) is 0 Å². The second-order valence-corrected chi connectivity index (χ2v) is 4.90. The molecule has 0 amide bonds. The number of hydrogen-bond acceptors (Lipinski definition) is 2. The molecular formula is C7H17NS. The highest BCUT2D eigenvalue weighted by Crippen LogP contribution is 2.10. The summed E-state index contributed by atoms with van der Waals surface area (Å²) < 4.78 is 3.34. The lowest BCUT2D eigenvalue weighted by Crippen LogP contribution is -2.31. The van der Waals surface area contributed by atoms with Crippen LogP contribution >= 0.6 is 11.9 Å². The van der Waals surface area contributed by atoms with Crippen LogP contribution in [0.3, 0.4) is 0 Å². The van der Waals surface area contributed by atoms with Gasteiger partial charge in [-0.05, 0) is 20.8 Å². The molecule has 0 aromatic rings. The molecule has 0 radical (unpaired) electrons. The molecule has 0 heterocycles. The molecule has 0 saturated heterocycles. The Morgan fingerprint density at radius 3 is 1.78 bits per heavy atom.